The number of carbonyl (C=O) groups excluding carboxylic acids is 2. The molecule has 0 spiro atoms. The molecule has 2 N–H and O–H groups in total. The maximum absolute atomic E-state index is 12.3. The highest BCUT2D eigenvalue weighted by atomic mass is 16.5. The Labute approximate surface area is 141 Å². The maximum Gasteiger partial charge on any atom is 0.360 e. The first-order valence-corrected chi connectivity index (χ1v) is 7.32. The van der Waals surface area contributed by atoms with Crippen LogP contribution in [0.4, 0.5) is 5.95 Å². The van der Waals surface area contributed by atoms with Crippen LogP contribution in [0.3, 0.4) is 0 Å². The minimum absolute atomic E-state index is 0.0780. The molecule has 0 bridgehead atoms. The molecule has 0 aliphatic rings. The number of ether oxygens (including phenoxy) is 1. The Morgan fingerprint density at radius 1 is 1.12 bits per heavy atom. The van der Waals surface area contributed by atoms with E-state index in [1.807, 2.05) is 0 Å². The lowest BCUT2D eigenvalue weighted by atomic mass is 10.1. The van der Waals surface area contributed by atoms with Crippen molar-refractivity contribution in [2.45, 2.75) is 13.0 Å². The fourth-order valence-electron chi connectivity index (χ4n) is 2.12. The number of amides is 1. The zero-order valence-electron chi connectivity index (χ0n) is 13.1. The number of fused-ring (bicyclic) bond motifs is 1. The zero-order valence-corrected chi connectivity index (χ0v) is 13.1. The quantitative estimate of drug-likeness (QED) is 0.676. The molecule has 1 amide bonds. The molecular formula is C16H13N5O4. The van der Waals surface area contributed by atoms with E-state index in [2.05, 4.69) is 25.5 Å². The Bertz CT molecular complexity index is 986. The summed E-state index contributed by atoms with van der Waals surface area (Å²) < 4.78 is 5.13. The van der Waals surface area contributed by atoms with Crippen molar-refractivity contribution in [1.82, 2.24) is 20.2 Å². The van der Waals surface area contributed by atoms with Crippen molar-refractivity contribution in [3.8, 4) is 0 Å². The zero-order chi connectivity index (χ0) is 17.8. The van der Waals surface area contributed by atoms with E-state index >= 15 is 0 Å². The van der Waals surface area contributed by atoms with Gasteiger partial charge in [-0.1, -0.05) is 18.2 Å². The van der Waals surface area contributed by atoms with Gasteiger partial charge in [-0.15, -0.1) is 0 Å². The van der Waals surface area contributed by atoms with Crippen molar-refractivity contribution in [2.24, 2.45) is 0 Å². The Kier molecular flexibility index (Phi) is 4.46. The summed E-state index contributed by atoms with van der Waals surface area (Å²) >= 11 is 0. The number of benzene rings is 1. The minimum Gasteiger partial charge on any atom is -0.448 e. The Hall–Kier alpha value is -3.62. The summed E-state index contributed by atoms with van der Waals surface area (Å²) in [7, 11) is 0. The molecule has 2 aromatic heterocycles. The first-order valence-electron chi connectivity index (χ1n) is 7.32. The van der Waals surface area contributed by atoms with Gasteiger partial charge in [0, 0.05) is 17.8 Å². The number of nitrogens with one attached hydrogen (secondary N) is 2. The van der Waals surface area contributed by atoms with E-state index in [-0.39, 0.29) is 11.6 Å². The van der Waals surface area contributed by atoms with E-state index in [1.54, 1.807) is 30.3 Å². The lowest BCUT2D eigenvalue weighted by Crippen LogP contribution is -2.31. The van der Waals surface area contributed by atoms with Gasteiger partial charge >= 0.3 is 5.97 Å². The molecule has 0 radical (unpaired) electrons. The molecule has 3 aromatic rings. The molecule has 126 valence electrons. The number of aromatic nitrogens is 4. The van der Waals surface area contributed by atoms with Gasteiger partial charge in [-0.25, -0.2) is 19.9 Å². The molecule has 3 rings (SSSR count). The molecule has 0 fully saturated rings. The van der Waals surface area contributed by atoms with Crippen molar-refractivity contribution in [1.29, 1.82) is 0 Å². The van der Waals surface area contributed by atoms with Crippen LogP contribution >= 0.6 is 0 Å². The van der Waals surface area contributed by atoms with Gasteiger partial charge < -0.3 is 4.74 Å². The highest BCUT2D eigenvalue weighted by Crippen LogP contribution is 2.14. The van der Waals surface area contributed by atoms with Crippen LogP contribution in [-0.2, 0) is 9.53 Å². The molecular weight excluding hydrogens is 326 g/mol. The number of aromatic amines is 1. The van der Waals surface area contributed by atoms with Crippen LogP contribution in [-0.4, -0.2) is 38.1 Å². The van der Waals surface area contributed by atoms with Gasteiger partial charge in [-0.3, -0.25) is 14.9 Å². The largest absolute Gasteiger partial charge is 0.448 e. The van der Waals surface area contributed by atoms with Gasteiger partial charge in [-0.2, -0.15) is 5.10 Å². The average Bonchev–Trinajstić information content (AvgIpc) is 2.63. The predicted octanol–water partition coefficient (Wildman–Crippen LogP) is 0.897. The van der Waals surface area contributed by atoms with Crippen LogP contribution in [0, 0.1) is 0 Å². The van der Waals surface area contributed by atoms with E-state index in [1.165, 1.54) is 19.3 Å². The van der Waals surface area contributed by atoms with E-state index in [9.17, 15) is 14.4 Å². The summed E-state index contributed by atoms with van der Waals surface area (Å²) in [5.41, 5.74) is -0.495. The topological polar surface area (TPSA) is 127 Å². The van der Waals surface area contributed by atoms with Gasteiger partial charge in [0.25, 0.3) is 11.5 Å². The van der Waals surface area contributed by atoms with Crippen LogP contribution in [0.25, 0.3) is 10.8 Å². The van der Waals surface area contributed by atoms with Gasteiger partial charge in [0.05, 0.1) is 5.39 Å². The summed E-state index contributed by atoms with van der Waals surface area (Å²) in [4.78, 5) is 43.8. The lowest BCUT2D eigenvalue weighted by molar-refractivity contribution is -0.123. The molecule has 1 atom stereocenters. The van der Waals surface area contributed by atoms with Gasteiger partial charge in [-0.05, 0) is 19.1 Å². The van der Waals surface area contributed by atoms with Gasteiger partial charge in [0.15, 0.2) is 11.8 Å². The normalized spacial score (nSPS) is 11.7. The minimum atomic E-state index is -1.11. The van der Waals surface area contributed by atoms with Crippen LogP contribution in [0.2, 0.25) is 0 Å². The standard InChI is InChI=1S/C16H13N5O4/c1-9(13(22)19-16-17-7-4-8-18-16)25-15(24)12-10-5-2-3-6-11(10)14(23)21-20-12/h2-9H,1H3,(H,21,23)(H,17,18,19,22). The Balaban J connectivity index is 1.77. The summed E-state index contributed by atoms with van der Waals surface area (Å²) in [5, 5.41) is 9.05. The number of hydrogen-bond donors (Lipinski definition) is 2. The number of hydrogen-bond acceptors (Lipinski definition) is 7. The second kappa shape index (κ2) is 6.87. The molecule has 2 heterocycles. The number of anilines is 1. The van der Waals surface area contributed by atoms with Crippen LogP contribution in [0.5, 0.6) is 0 Å². The highest BCUT2D eigenvalue weighted by Gasteiger charge is 2.22. The van der Waals surface area contributed by atoms with Crippen LogP contribution in [0.1, 0.15) is 17.4 Å². The van der Waals surface area contributed by atoms with Crippen LogP contribution < -0.4 is 10.9 Å². The number of nitrogens with zero attached hydrogens (tertiary/aromatic N) is 3. The summed E-state index contributed by atoms with van der Waals surface area (Å²) in [6.45, 7) is 1.41. The lowest BCUT2D eigenvalue weighted by Gasteiger charge is -2.12. The van der Waals surface area contributed by atoms with Crippen molar-refractivity contribution in [3.05, 3.63) is 58.8 Å². The third kappa shape index (κ3) is 3.50. The monoisotopic (exact) mass is 339 g/mol. The fourth-order valence-corrected chi connectivity index (χ4v) is 2.12. The van der Waals surface area contributed by atoms with Crippen molar-refractivity contribution < 1.29 is 14.3 Å². The SMILES string of the molecule is CC(OC(=O)c1n[nH]c(=O)c2ccccc12)C(=O)Nc1ncccn1. The molecule has 9 nitrogen and oxygen atoms in total. The molecule has 0 saturated carbocycles. The van der Waals surface area contributed by atoms with E-state index in [0.29, 0.717) is 10.8 Å². The van der Waals surface area contributed by atoms with E-state index < -0.39 is 23.5 Å². The van der Waals surface area contributed by atoms with Crippen molar-refractivity contribution >= 4 is 28.6 Å². The maximum atomic E-state index is 12.3. The molecule has 1 aromatic carbocycles. The number of H-pyrrole nitrogens is 1. The van der Waals surface area contributed by atoms with Gasteiger partial charge in [0.1, 0.15) is 0 Å². The number of esters is 1. The van der Waals surface area contributed by atoms with Crippen LogP contribution in [0.15, 0.2) is 47.5 Å². The first-order chi connectivity index (χ1) is 12.1. The Morgan fingerprint density at radius 3 is 2.52 bits per heavy atom. The predicted molar refractivity (Wildman–Crippen MR) is 87.9 cm³/mol. The fraction of sp³-hybridized carbons (Fsp3) is 0.125. The second-order valence-corrected chi connectivity index (χ2v) is 5.06. The molecule has 0 saturated heterocycles. The number of rotatable bonds is 4. The third-order valence-corrected chi connectivity index (χ3v) is 3.34. The average molecular weight is 339 g/mol. The third-order valence-electron chi connectivity index (χ3n) is 3.34. The molecule has 25 heavy (non-hydrogen) atoms. The smallest absolute Gasteiger partial charge is 0.360 e. The first kappa shape index (κ1) is 16.2. The summed E-state index contributed by atoms with van der Waals surface area (Å²) in [6.07, 6.45) is 1.83. The second-order valence-electron chi connectivity index (χ2n) is 5.06. The van der Waals surface area contributed by atoms with E-state index in [4.69, 9.17) is 4.74 Å². The number of carbonyl (C=O) groups is 2. The van der Waals surface area contributed by atoms with Crippen molar-refractivity contribution in [2.75, 3.05) is 5.32 Å². The Morgan fingerprint density at radius 2 is 1.80 bits per heavy atom. The van der Waals surface area contributed by atoms with Gasteiger partial charge in [0.2, 0.25) is 5.95 Å². The molecule has 0 aliphatic heterocycles. The molecule has 0 aliphatic carbocycles. The summed E-state index contributed by atoms with van der Waals surface area (Å²) in [5.74, 6) is -1.32. The van der Waals surface area contributed by atoms with E-state index in [0.717, 1.165) is 0 Å². The van der Waals surface area contributed by atoms with Crippen molar-refractivity contribution in [3.63, 3.8) is 0 Å². The molecule has 9 heteroatoms. The highest BCUT2D eigenvalue weighted by molar-refractivity contribution is 6.03. The summed E-state index contributed by atoms with van der Waals surface area (Å²) in [6, 6.07) is 8.09. The molecule has 1 unspecified atom stereocenters.